The van der Waals surface area contributed by atoms with Crippen LogP contribution in [-0.2, 0) is 31.8 Å². The number of halogens is 1. The van der Waals surface area contributed by atoms with Crippen molar-refractivity contribution in [1.82, 2.24) is 19.0 Å². The number of carbonyl (C=O) groups is 3. The SMILES string of the molecule is C=Cc1cc(C(=O)Nc2cccc(-c3cccc(NC(=O)c4nc5c(n4C)CCN(C(=O)OC(C)(C)C)C5)c3Cl)c2C)c(=O)n(C)c1. The fraction of sp³-hybridized carbons (Fsp3) is 0.286. The highest BCUT2D eigenvalue weighted by Gasteiger charge is 2.30. The summed E-state index contributed by atoms with van der Waals surface area (Å²) in [5, 5.41) is 6.04. The Kier molecular flexibility index (Phi) is 9.13. The molecule has 47 heavy (non-hydrogen) atoms. The fourth-order valence-corrected chi connectivity index (χ4v) is 5.77. The largest absolute Gasteiger partial charge is 0.444 e. The molecule has 12 heteroatoms. The number of ether oxygens (including phenoxy) is 1. The molecule has 0 fully saturated rings. The molecule has 244 valence electrons. The fourth-order valence-electron chi connectivity index (χ4n) is 5.49. The molecule has 11 nitrogen and oxygen atoms in total. The van der Waals surface area contributed by atoms with Gasteiger partial charge in [-0.2, -0.15) is 0 Å². The highest BCUT2D eigenvalue weighted by Crippen LogP contribution is 2.37. The number of hydrogen-bond donors (Lipinski definition) is 2. The second kappa shape index (κ2) is 12.9. The van der Waals surface area contributed by atoms with Gasteiger partial charge in [0, 0.05) is 50.2 Å². The minimum absolute atomic E-state index is 0.00837. The van der Waals surface area contributed by atoms with E-state index in [1.165, 1.54) is 10.6 Å². The highest BCUT2D eigenvalue weighted by atomic mass is 35.5. The van der Waals surface area contributed by atoms with Crippen molar-refractivity contribution in [2.45, 2.75) is 46.3 Å². The van der Waals surface area contributed by atoms with Crippen molar-refractivity contribution >= 4 is 47.0 Å². The molecule has 0 saturated carbocycles. The molecule has 0 unspecified atom stereocenters. The van der Waals surface area contributed by atoms with Crippen molar-refractivity contribution in [3.8, 4) is 11.1 Å². The molecule has 3 heterocycles. The number of nitrogens with zero attached hydrogens (tertiary/aromatic N) is 4. The molecule has 0 spiro atoms. The number of imidazole rings is 1. The standard InChI is InChI=1S/C35H37ClN6O5/c1-8-21-17-24(33(45)40(6)18-21)31(43)38-25-13-9-11-22(20(25)2)23-12-10-14-26(29(23)36)39-32(44)30-37-27-19-42(16-15-28(27)41(30)7)34(46)47-35(3,4)5/h8-14,17-18H,1,15-16,19H2,2-7H3,(H,38,43)(H,39,44). The van der Waals surface area contributed by atoms with Crippen molar-refractivity contribution in [3.05, 3.63) is 105 Å². The number of anilines is 2. The zero-order valence-electron chi connectivity index (χ0n) is 27.2. The average Bonchev–Trinajstić information content (AvgIpc) is 3.35. The minimum Gasteiger partial charge on any atom is -0.444 e. The van der Waals surface area contributed by atoms with Crippen LogP contribution in [-0.4, -0.2) is 49.1 Å². The van der Waals surface area contributed by atoms with Crippen molar-refractivity contribution in [2.24, 2.45) is 14.1 Å². The van der Waals surface area contributed by atoms with E-state index in [1.54, 1.807) is 60.1 Å². The van der Waals surface area contributed by atoms with Gasteiger partial charge in [0.25, 0.3) is 17.4 Å². The van der Waals surface area contributed by atoms with E-state index in [9.17, 15) is 19.2 Å². The average molecular weight is 657 g/mol. The number of amides is 3. The number of nitrogens with one attached hydrogen (secondary N) is 2. The van der Waals surface area contributed by atoms with Crippen molar-refractivity contribution in [3.63, 3.8) is 0 Å². The van der Waals surface area contributed by atoms with Crippen LogP contribution in [0.5, 0.6) is 0 Å². The topological polar surface area (TPSA) is 128 Å². The number of benzene rings is 2. The molecule has 5 rings (SSSR count). The van der Waals surface area contributed by atoms with Gasteiger partial charge < -0.3 is 29.4 Å². The maximum absolute atomic E-state index is 13.5. The summed E-state index contributed by atoms with van der Waals surface area (Å²) in [6.07, 6.45) is 3.28. The third-order valence-corrected chi connectivity index (χ3v) is 8.32. The third-order valence-electron chi connectivity index (χ3n) is 7.91. The summed E-state index contributed by atoms with van der Waals surface area (Å²) in [7, 11) is 3.35. The molecule has 2 N–H and O–H groups in total. The molecule has 0 saturated heterocycles. The first-order valence-electron chi connectivity index (χ1n) is 15.0. The van der Waals surface area contributed by atoms with E-state index in [-0.39, 0.29) is 17.9 Å². The number of fused-ring (bicyclic) bond motifs is 1. The number of pyridine rings is 1. The normalized spacial score (nSPS) is 12.7. The first kappa shape index (κ1) is 33.2. The number of carbonyl (C=O) groups excluding carboxylic acids is 3. The van der Waals surface area contributed by atoms with Crippen LogP contribution >= 0.6 is 11.6 Å². The second-order valence-electron chi connectivity index (χ2n) is 12.4. The summed E-state index contributed by atoms with van der Waals surface area (Å²) < 4.78 is 8.59. The summed E-state index contributed by atoms with van der Waals surface area (Å²) in [6.45, 7) is 11.7. The maximum atomic E-state index is 13.5. The molecule has 3 amide bonds. The molecule has 0 atom stereocenters. The lowest BCUT2D eigenvalue weighted by Gasteiger charge is -2.29. The predicted octanol–water partition coefficient (Wildman–Crippen LogP) is 6.19. The number of hydrogen-bond acceptors (Lipinski definition) is 6. The molecule has 1 aliphatic rings. The summed E-state index contributed by atoms with van der Waals surface area (Å²) in [4.78, 5) is 58.1. The highest BCUT2D eigenvalue weighted by molar-refractivity contribution is 6.36. The van der Waals surface area contributed by atoms with Gasteiger partial charge in [0.2, 0.25) is 0 Å². The Hall–Kier alpha value is -5.16. The molecule has 2 aromatic heterocycles. The monoisotopic (exact) mass is 656 g/mol. The van der Waals surface area contributed by atoms with Gasteiger partial charge in [0.05, 0.1) is 22.9 Å². The smallest absolute Gasteiger partial charge is 0.410 e. The number of aromatic nitrogens is 3. The second-order valence-corrected chi connectivity index (χ2v) is 12.8. The van der Waals surface area contributed by atoms with E-state index >= 15 is 0 Å². The first-order valence-corrected chi connectivity index (χ1v) is 15.4. The van der Waals surface area contributed by atoms with Gasteiger partial charge in [-0.15, -0.1) is 0 Å². The van der Waals surface area contributed by atoms with E-state index < -0.39 is 29.1 Å². The van der Waals surface area contributed by atoms with Crippen LogP contribution in [0.1, 0.15) is 64.3 Å². The Morgan fingerprint density at radius 1 is 1.02 bits per heavy atom. The van der Waals surface area contributed by atoms with Crippen LogP contribution in [0.4, 0.5) is 16.2 Å². The minimum atomic E-state index is -0.619. The lowest BCUT2D eigenvalue weighted by atomic mass is 9.98. The molecular formula is C35H37ClN6O5. The van der Waals surface area contributed by atoms with Crippen LogP contribution in [0.15, 0.2) is 60.0 Å². The Balaban J connectivity index is 1.37. The molecule has 0 radical (unpaired) electrons. The van der Waals surface area contributed by atoms with Crippen LogP contribution in [0.3, 0.4) is 0 Å². The zero-order chi connectivity index (χ0) is 34.2. The maximum Gasteiger partial charge on any atom is 0.410 e. The number of aryl methyl sites for hydroxylation is 1. The van der Waals surface area contributed by atoms with Crippen molar-refractivity contribution in [1.29, 1.82) is 0 Å². The van der Waals surface area contributed by atoms with Gasteiger partial charge in [0.15, 0.2) is 5.82 Å². The summed E-state index contributed by atoms with van der Waals surface area (Å²) >= 11 is 6.88. The van der Waals surface area contributed by atoms with Gasteiger partial charge in [-0.25, -0.2) is 9.78 Å². The Morgan fingerprint density at radius 3 is 2.36 bits per heavy atom. The molecule has 2 aromatic carbocycles. The van der Waals surface area contributed by atoms with E-state index in [4.69, 9.17) is 16.3 Å². The van der Waals surface area contributed by atoms with Crippen molar-refractivity contribution < 1.29 is 19.1 Å². The molecule has 4 aromatic rings. The van der Waals surface area contributed by atoms with Gasteiger partial charge in [-0.05, 0) is 62.6 Å². The summed E-state index contributed by atoms with van der Waals surface area (Å²) in [6, 6.07) is 12.2. The Morgan fingerprint density at radius 2 is 1.68 bits per heavy atom. The Bertz CT molecular complexity index is 1990. The van der Waals surface area contributed by atoms with E-state index in [1.807, 2.05) is 39.8 Å². The quantitative estimate of drug-likeness (QED) is 0.255. The van der Waals surface area contributed by atoms with Gasteiger partial charge >= 0.3 is 6.09 Å². The lowest BCUT2D eigenvalue weighted by molar-refractivity contribution is 0.0220. The first-order chi connectivity index (χ1) is 22.2. The van der Waals surface area contributed by atoms with Gasteiger partial charge in [-0.1, -0.05) is 48.5 Å². The van der Waals surface area contributed by atoms with E-state index in [0.29, 0.717) is 51.7 Å². The molecule has 1 aliphatic heterocycles. The van der Waals surface area contributed by atoms with Crippen LogP contribution in [0, 0.1) is 6.92 Å². The van der Waals surface area contributed by atoms with Gasteiger partial charge in [0.1, 0.15) is 11.2 Å². The molecular weight excluding hydrogens is 620 g/mol. The Labute approximate surface area is 277 Å². The van der Waals surface area contributed by atoms with Crippen LogP contribution < -0.4 is 16.2 Å². The van der Waals surface area contributed by atoms with Crippen LogP contribution in [0.2, 0.25) is 5.02 Å². The summed E-state index contributed by atoms with van der Waals surface area (Å²) in [5.41, 5.74) is 4.06. The van der Waals surface area contributed by atoms with E-state index in [2.05, 4.69) is 22.2 Å². The summed E-state index contributed by atoms with van der Waals surface area (Å²) in [5.74, 6) is -0.811. The molecule has 0 bridgehead atoms. The van der Waals surface area contributed by atoms with Gasteiger partial charge in [-0.3, -0.25) is 14.4 Å². The number of rotatable bonds is 6. The lowest BCUT2D eigenvalue weighted by Crippen LogP contribution is -2.40. The zero-order valence-corrected chi connectivity index (χ0v) is 28.0. The molecule has 0 aliphatic carbocycles. The van der Waals surface area contributed by atoms with Crippen molar-refractivity contribution in [2.75, 3.05) is 17.2 Å². The third kappa shape index (κ3) is 6.85. The van der Waals surface area contributed by atoms with E-state index in [0.717, 1.165) is 11.3 Å². The predicted molar refractivity (Wildman–Crippen MR) is 183 cm³/mol. The van der Waals surface area contributed by atoms with Crippen LogP contribution in [0.25, 0.3) is 17.2 Å².